The number of amides is 1. The number of anilines is 1. The maximum Gasteiger partial charge on any atom is 0.246 e. The first-order valence-electron chi connectivity index (χ1n) is 10.8. The molecule has 0 bridgehead atoms. The molecule has 0 N–H and O–H groups in total. The summed E-state index contributed by atoms with van der Waals surface area (Å²) in [6.07, 6.45) is 4.00. The number of ether oxygens (including phenoxy) is 1. The molecule has 2 aromatic carbocycles. The molecule has 1 saturated heterocycles. The van der Waals surface area contributed by atoms with Gasteiger partial charge in [-0.1, -0.05) is 30.3 Å². The fourth-order valence-corrected chi connectivity index (χ4v) is 5.40. The van der Waals surface area contributed by atoms with Gasteiger partial charge < -0.3 is 9.64 Å². The molecule has 0 aliphatic carbocycles. The van der Waals surface area contributed by atoms with E-state index in [0.717, 1.165) is 25.5 Å². The largest absolute Gasteiger partial charge is 0.494 e. The van der Waals surface area contributed by atoms with E-state index in [1.165, 1.54) is 9.87 Å². The Hall–Kier alpha value is -2.54. The second kappa shape index (κ2) is 10.2. The van der Waals surface area contributed by atoms with Gasteiger partial charge in [-0.15, -0.1) is 0 Å². The molecule has 168 valence electrons. The molecule has 3 rings (SSSR count). The molecule has 1 aliphatic heterocycles. The smallest absolute Gasteiger partial charge is 0.246 e. The van der Waals surface area contributed by atoms with Crippen molar-refractivity contribution in [3.05, 3.63) is 60.2 Å². The minimum atomic E-state index is -3.63. The normalized spacial score (nSPS) is 16.0. The van der Waals surface area contributed by atoms with Crippen LogP contribution in [0.2, 0.25) is 0 Å². The molecule has 1 amide bonds. The van der Waals surface area contributed by atoms with Crippen LogP contribution < -0.4 is 9.04 Å². The van der Waals surface area contributed by atoms with Crippen LogP contribution in [-0.4, -0.2) is 51.2 Å². The zero-order valence-electron chi connectivity index (χ0n) is 18.5. The van der Waals surface area contributed by atoms with Crippen LogP contribution in [0.5, 0.6) is 5.75 Å². The standard InChI is InChI=1S/C24H32N2O4S/c1-4-30-23-12-10-22(11-13-23)26(31(3,28)29)19(2)24(27)25-16-14-21(15-17-25)18-20-8-6-5-7-9-20/h5-13,19,21H,4,14-18H2,1-3H3/t19-/m0/s1. The first-order chi connectivity index (χ1) is 14.8. The molecule has 7 heteroatoms. The van der Waals surface area contributed by atoms with E-state index in [4.69, 9.17) is 4.74 Å². The number of benzene rings is 2. The Bertz CT molecular complexity index is 953. The van der Waals surface area contributed by atoms with Crippen LogP contribution in [0, 0.1) is 5.92 Å². The number of rotatable bonds is 8. The summed E-state index contributed by atoms with van der Waals surface area (Å²) in [5.74, 6) is 1.05. The molecule has 1 aliphatic rings. The molecule has 0 radical (unpaired) electrons. The molecule has 31 heavy (non-hydrogen) atoms. The molecule has 1 heterocycles. The summed E-state index contributed by atoms with van der Waals surface area (Å²) in [7, 11) is -3.63. The second-order valence-electron chi connectivity index (χ2n) is 8.12. The number of likely N-dealkylation sites (tertiary alicyclic amines) is 1. The molecule has 1 fully saturated rings. The highest BCUT2D eigenvalue weighted by atomic mass is 32.2. The topological polar surface area (TPSA) is 66.9 Å². The summed E-state index contributed by atoms with van der Waals surface area (Å²) < 4.78 is 31.7. The van der Waals surface area contributed by atoms with Crippen molar-refractivity contribution in [1.29, 1.82) is 0 Å². The maximum atomic E-state index is 13.2. The number of piperidine rings is 1. The van der Waals surface area contributed by atoms with Gasteiger partial charge in [0, 0.05) is 13.1 Å². The van der Waals surface area contributed by atoms with Crippen molar-refractivity contribution in [2.45, 2.75) is 39.2 Å². The number of carbonyl (C=O) groups excluding carboxylic acids is 1. The first-order valence-corrected chi connectivity index (χ1v) is 12.7. The first kappa shape index (κ1) is 23.1. The number of carbonyl (C=O) groups is 1. The average molecular weight is 445 g/mol. The molecule has 6 nitrogen and oxygen atoms in total. The minimum absolute atomic E-state index is 0.155. The van der Waals surface area contributed by atoms with E-state index >= 15 is 0 Å². The fourth-order valence-electron chi connectivity index (χ4n) is 4.23. The Balaban J connectivity index is 1.66. The molecular weight excluding hydrogens is 412 g/mol. The van der Waals surface area contributed by atoms with Crippen molar-refractivity contribution < 1.29 is 17.9 Å². The lowest BCUT2D eigenvalue weighted by molar-refractivity contribution is -0.133. The Morgan fingerprint density at radius 2 is 1.71 bits per heavy atom. The van der Waals surface area contributed by atoms with Gasteiger partial charge in [-0.05, 0) is 68.9 Å². The van der Waals surface area contributed by atoms with E-state index in [0.29, 0.717) is 37.1 Å². The predicted molar refractivity (Wildman–Crippen MR) is 124 cm³/mol. The lowest BCUT2D eigenvalue weighted by atomic mass is 9.90. The van der Waals surface area contributed by atoms with Crippen molar-refractivity contribution in [1.82, 2.24) is 4.90 Å². The van der Waals surface area contributed by atoms with Gasteiger partial charge in [-0.25, -0.2) is 8.42 Å². The Morgan fingerprint density at radius 3 is 2.26 bits per heavy atom. The molecule has 0 spiro atoms. The lowest BCUT2D eigenvalue weighted by Gasteiger charge is -2.36. The fraction of sp³-hybridized carbons (Fsp3) is 0.458. The highest BCUT2D eigenvalue weighted by Gasteiger charge is 2.33. The third kappa shape index (κ3) is 6.00. The van der Waals surface area contributed by atoms with E-state index in [1.807, 2.05) is 13.0 Å². The predicted octanol–water partition coefficient (Wildman–Crippen LogP) is 3.72. The van der Waals surface area contributed by atoms with Crippen LogP contribution in [0.1, 0.15) is 32.3 Å². The van der Waals surface area contributed by atoms with E-state index in [1.54, 1.807) is 36.1 Å². The van der Waals surface area contributed by atoms with Gasteiger partial charge >= 0.3 is 0 Å². The summed E-state index contributed by atoms with van der Waals surface area (Å²) in [5.41, 5.74) is 1.78. The zero-order valence-corrected chi connectivity index (χ0v) is 19.3. The average Bonchev–Trinajstić information content (AvgIpc) is 2.75. The summed E-state index contributed by atoms with van der Waals surface area (Å²) in [6.45, 7) is 5.39. The number of hydrogen-bond acceptors (Lipinski definition) is 4. The maximum absolute atomic E-state index is 13.2. The SMILES string of the molecule is CCOc1ccc(N([C@@H](C)C(=O)N2CCC(Cc3ccccc3)CC2)S(C)(=O)=O)cc1. The zero-order chi connectivity index (χ0) is 22.4. The van der Waals surface area contributed by atoms with Crippen molar-refractivity contribution >= 4 is 21.6 Å². The van der Waals surface area contributed by atoms with Crippen LogP contribution in [0.4, 0.5) is 5.69 Å². The van der Waals surface area contributed by atoms with Crippen LogP contribution in [0.25, 0.3) is 0 Å². The Morgan fingerprint density at radius 1 is 1.10 bits per heavy atom. The molecule has 0 aromatic heterocycles. The van der Waals surface area contributed by atoms with Crippen LogP contribution in [0.3, 0.4) is 0 Å². The monoisotopic (exact) mass is 444 g/mol. The van der Waals surface area contributed by atoms with Gasteiger partial charge in [0.1, 0.15) is 11.8 Å². The van der Waals surface area contributed by atoms with Crippen molar-refractivity contribution in [3.8, 4) is 5.75 Å². The van der Waals surface area contributed by atoms with Crippen molar-refractivity contribution in [2.75, 3.05) is 30.3 Å². The molecular formula is C24H32N2O4S. The molecule has 1 atom stereocenters. The highest BCUT2D eigenvalue weighted by Crippen LogP contribution is 2.27. The quantitative estimate of drug-likeness (QED) is 0.622. The summed E-state index contributed by atoms with van der Waals surface area (Å²) in [6, 6.07) is 16.4. The highest BCUT2D eigenvalue weighted by molar-refractivity contribution is 7.92. The molecule has 0 unspecified atom stereocenters. The minimum Gasteiger partial charge on any atom is -0.494 e. The van der Waals surface area contributed by atoms with Crippen molar-refractivity contribution in [2.24, 2.45) is 5.92 Å². The number of hydrogen-bond donors (Lipinski definition) is 0. The van der Waals surface area contributed by atoms with Crippen LogP contribution >= 0.6 is 0 Å². The Labute approximate surface area is 185 Å². The van der Waals surface area contributed by atoms with E-state index in [-0.39, 0.29) is 5.91 Å². The Kier molecular flexibility index (Phi) is 7.59. The van der Waals surface area contributed by atoms with Crippen LogP contribution in [0.15, 0.2) is 54.6 Å². The van der Waals surface area contributed by atoms with Gasteiger partial charge in [0.25, 0.3) is 0 Å². The van der Waals surface area contributed by atoms with E-state index < -0.39 is 16.1 Å². The van der Waals surface area contributed by atoms with Gasteiger partial charge in [0.2, 0.25) is 15.9 Å². The molecule has 0 saturated carbocycles. The van der Waals surface area contributed by atoms with Crippen molar-refractivity contribution in [3.63, 3.8) is 0 Å². The lowest BCUT2D eigenvalue weighted by Crippen LogP contribution is -2.51. The van der Waals surface area contributed by atoms with Gasteiger partial charge in [0.15, 0.2) is 0 Å². The third-order valence-electron chi connectivity index (χ3n) is 5.76. The van der Waals surface area contributed by atoms with Gasteiger partial charge in [0.05, 0.1) is 18.6 Å². The van der Waals surface area contributed by atoms with E-state index in [9.17, 15) is 13.2 Å². The number of sulfonamides is 1. The summed E-state index contributed by atoms with van der Waals surface area (Å²) in [4.78, 5) is 15.0. The van der Waals surface area contributed by atoms with Gasteiger partial charge in [-0.3, -0.25) is 9.10 Å². The third-order valence-corrected chi connectivity index (χ3v) is 7.00. The number of nitrogens with zero attached hydrogens (tertiary/aromatic N) is 2. The van der Waals surface area contributed by atoms with Gasteiger partial charge in [-0.2, -0.15) is 0 Å². The summed E-state index contributed by atoms with van der Waals surface area (Å²) in [5, 5.41) is 0. The second-order valence-corrected chi connectivity index (χ2v) is 9.98. The van der Waals surface area contributed by atoms with E-state index in [2.05, 4.69) is 24.3 Å². The summed E-state index contributed by atoms with van der Waals surface area (Å²) >= 11 is 0. The molecule has 2 aromatic rings. The van der Waals surface area contributed by atoms with Crippen LogP contribution in [-0.2, 0) is 21.2 Å².